The highest BCUT2D eigenvalue weighted by Gasteiger charge is 2.32. The highest BCUT2D eigenvalue weighted by atomic mass is 16.4. The molecule has 2 rings (SSSR count). The Kier molecular flexibility index (Phi) is 4.46. The van der Waals surface area contributed by atoms with Crippen molar-refractivity contribution in [2.45, 2.75) is 25.7 Å². The van der Waals surface area contributed by atoms with E-state index in [1.807, 2.05) is 0 Å². The summed E-state index contributed by atoms with van der Waals surface area (Å²) in [5.74, 6) is -1.53. The molecule has 7 nitrogen and oxygen atoms in total. The molecule has 2 fully saturated rings. The normalized spacial score (nSPS) is 21.8. The van der Waals surface area contributed by atoms with Gasteiger partial charge < -0.3 is 20.6 Å². The predicted octanol–water partition coefficient (Wildman–Crippen LogP) is 0.100. The minimum atomic E-state index is -0.778. The molecule has 0 atom stereocenters. The van der Waals surface area contributed by atoms with Gasteiger partial charge in [0.2, 0.25) is 5.91 Å². The summed E-state index contributed by atoms with van der Waals surface area (Å²) in [4.78, 5) is 37.7. The third-order valence-electron chi connectivity index (χ3n) is 4.28. The summed E-state index contributed by atoms with van der Waals surface area (Å²) in [7, 11) is 0. The van der Waals surface area contributed by atoms with Crippen LogP contribution in [0.25, 0.3) is 0 Å². The maximum Gasteiger partial charge on any atom is 0.319 e. The van der Waals surface area contributed by atoms with Crippen LogP contribution in [0.15, 0.2) is 0 Å². The molecule has 0 unspecified atom stereocenters. The molecule has 112 valence electrons. The number of primary amides is 1. The number of likely N-dealkylation sites (tertiary alicyclic amines) is 2. The Morgan fingerprint density at radius 3 is 1.60 bits per heavy atom. The zero-order valence-electron chi connectivity index (χ0n) is 11.5. The fourth-order valence-corrected chi connectivity index (χ4v) is 2.87. The summed E-state index contributed by atoms with van der Waals surface area (Å²) in [5, 5.41) is 8.94. The van der Waals surface area contributed by atoms with Crippen molar-refractivity contribution >= 4 is 17.9 Å². The van der Waals surface area contributed by atoms with Crippen LogP contribution in [0.2, 0.25) is 0 Å². The van der Waals surface area contributed by atoms with Crippen molar-refractivity contribution in [3.63, 3.8) is 0 Å². The first-order valence-corrected chi connectivity index (χ1v) is 7.05. The van der Waals surface area contributed by atoms with Crippen molar-refractivity contribution in [1.29, 1.82) is 0 Å². The Morgan fingerprint density at radius 1 is 0.850 bits per heavy atom. The number of rotatable bonds is 2. The number of hydrogen-bond donors (Lipinski definition) is 2. The van der Waals surface area contributed by atoms with Gasteiger partial charge in [0.1, 0.15) is 0 Å². The molecule has 2 heterocycles. The van der Waals surface area contributed by atoms with E-state index >= 15 is 0 Å². The first-order valence-electron chi connectivity index (χ1n) is 7.05. The summed E-state index contributed by atoms with van der Waals surface area (Å²) in [5.41, 5.74) is 5.27. The maximum absolute atomic E-state index is 12.3. The highest BCUT2D eigenvalue weighted by molar-refractivity contribution is 5.78. The van der Waals surface area contributed by atoms with Crippen LogP contribution in [0, 0.1) is 11.8 Å². The zero-order valence-corrected chi connectivity index (χ0v) is 11.5. The van der Waals surface area contributed by atoms with Gasteiger partial charge >= 0.3 is 12.0 Å². The van der Waals surface area contributed by atoms with Crippen LogP contribution < -0.4 is 5.73 Å². The summed E-state index contributed by atoms with van der Waals surface area (Å²) >= 11 is 0. The van der Waals surface area contributed by atoms with Crippen molar-refractivity contribution < 1.29 is 19.5 Å². The molecule has 2 saturated heterocycles. The third-order valence-corrected chi connectivity index (χ3v) is 4.28. The van der Waals surface area contributed by atoms with Crippen molar-refractivity contribution in [3.8, 4) is 0 Å². The molecule has 0 aromatic rings. The molecule has 2 aliphatic rings. The van der Waals surface area contributed by atoms with Crippen LogP contribution in [0.5, 0.6) is 0 Å². The summed E-state index contributed by atoms with van der Waals surface area (Å²) < 4.78 is 0. The van der Waals surface area contributed by atoms with Crippen LogP contribution in [0.1, 0.15) is 25.7 Å². The lowest BCUT2D eigenvalue weighted by Crippen LogP contribution is -2.50. The van der Waals surface area contributed by atoms with Crippen LogP contribution in [0.4, 0.5) is 4.79 Å². The van der Waals surface area contributed by atoms with E-state index in [0.29, 0.717) is 51.9 Å². The number of hydrogen-bond acceptors (Lipinski definition) is 3. The van der Waals surface area contributed by atoms with E-state index in [-0.39, 0.29) is 23.8 Å². The average molecular weight is 283 g/mol. The summed E-state index contributed by atoms with van der Waals surface area (Å²) in [6, 6.07) is -0.0447. The van der Waals surface area contributed by atoms with E-state index < -0.39 is 5.97 Å². The molecular formula is C13H21N3O4. The lowest BCUT2D eigenvalue weighted by molar-refractivity contribution is -0.143. The van der Waals surface area contributed by atoms with E-state index in [1.54, 1.807) is 9.80 Å². The molecule has 7 heteroatoms. The van der Waals surface area contributed by atoms with Gasteiger partial charge in [-0.05, 0) is 25.7 Å². The number of piperidine rings is 2. The number of carboxylic acids is 1. The summed E-state index contributed by atoms with van der Waals surface area (Å²) in [6.45, 7) is 2.08. The molecule has 3 N–H and O–H groups in total. The van der Waals surface area contributed by atoms with Crippen LogP contribution in [0.3, 0.4) is 0 Å². The second-order valence-corrected chi connectivity index (χ2v) is 5.55. The SMILES string of the molecule is NC(=O)C1CCN(C(=O)N2CCC(C(=O)O)CC2)CC1. The van der Waals surface area contributed by atoms with Gasteiger partial charge in [0.25, 0.3) is 0 Å². The number of carbonyl (C=O) groups is 3. The first kappa shape index (κ1) is 14.6. The van der Waals surface area contributed by atoms with Crippen molar-refractivity contribution in [1.82, 2.24) is 9.80 Å². The number of nitrogens with zero attached hydrogens (tertiary/aromatic N) is 2. The van der Waals surface area contributed by atoms with E-state index in [9.17, 15) is 14.4 Å². The Balaban J connectivity index is 1.81. The highest BCUT2D eigenvalue weighted by Crippen LogP contribution is 2.21. The third kappa shape index (κ3) is 3.20. The van der Waals surface area contributed by atoms with Crippen LogP contribution in [-0.2, 0) is 9.59 Å². The smallest absolute Gasteiger partial charge is 0.319 e. The average Bonchev–Trinajstić information content (AvgIpc) is 2.46. The molecule has 2 aliphatic heterocycles. The largest absolute Gasteiger partial charge is 0.481 e. The van der Waals surface area contributed by atoms with E-state index in [4.69, 9.17) is 10.8 Å². The fourth-order valence-electron chi connectivity index (χ4n) is 2.87. The first-order chi connectivity index (χ1) is 9.49. The van der Waals surface area contributed by atoms with E-state index in [1.165, 1.54) is 0 Å². The van der Waals surface area contributed by atoms with Gasteiger partial charge in [-0.1, -0.05) is 0 Å². The van der Waals surface area contributed by atoms with Gasteiger partial charge in [-0.15, -0.1) is 0 Å². The zero-order chi connectivity index (χ0) is 14.7. The number of carboxylic acid groups (broad SMARTS) is 1. The summed E-state index contributed by atoms with van der Waals surface area (Å²) in [6.07, 6.45) is 2.26. The Hall–Kier alpha value is -1.79. The van der Waals surface area contributed by atoms with E-state index in [2.05, 4.69) is 0 Å². The quantitative estimate of drug-likeness (QED) is 0.750. The van der Waals surface area contributed by atoms with E-state index in [0.717, 1.165) is 0 Å². The van der Waals surface area contributed by atoms with Crippen LogP contribution in [-0.4, -0.2) is 59.0 Å². The number of nitrogens with two attached hydrogens (primary N) is 1. The second kappa shape index (κ2) is 6.11. The molecule has 3 amide bonds. The molecule has 0 aromatic carbocycles. The Labute approximate surface area is 117 Å². The fraction of sp³-hybridized carbons (Fsp3) is 0.769. The van der Waals surface area contributed by atoms with Gasteiger partial charge in [-0.2, -0.15) is 0 Å². The molecule has 20 heavy (non-hydrogen) atoms. The minimum absolute atomic E-state index is 0.0447. The minimum Gasteiger partial charge on any atom is -0.481 e. The standard InChI is InChI=1S/C13H21N3O4/c14-11(17)9-1-5-15(6-2-9)13(20)16-7-3-10(4-8-16)12(18)19/h9-10H,1-8H2,(H2,14,17)(H,18,19). The maximum atomic E-state index is 12.3. The van der Waals surface area contributed by atoms with Gasteiger partial charge in [0, 0.05) is 32.1 Å². The van der Waals surface area contributed by atoms with Gasteiger partial charge in [0.15, 0.2) is 0 Å². The second-order valence-electron chi connectivity index (χ2n) is 5.55. The molecule has 0 bridgehead atoms. The van der Waals surface area contributed by atoms with Gasteiger partial charge in [0.05, 0.1) is 5.92 Å². The van der Waals surface area contributed by atoms with Crippen LogP contribution >= 0.6 is 0 Å². The lowest BCUT2D eigenvalue weighted by Gasteiger charge is -2.37. The molecule has 0 radical (unpaired) electrons. The predicted molar refractivity (Wildman–Crippen MR) is 70.8 cm³/mol. The molecule has 0 aromatic heterocycles. The van der Waals surface area contributed by atoms with Gasteiger partial charge in [-0.25, -0.2) is 4.79 Å². The van der Waals surface area contributed by atoms with Gasteiger partial charge in [-0.3, -0.25) is 9.59 Å². The number of carbonyl (C=O) groups excluding carboxylic acids is 2. The number of aliphatic carboxylic acids is 1. The molecule has 0 spiro atoms. The van der Waals surface area contributed by atoms with Crippen molar-refractivity contribution in [2.24, 2.45) is 17.6 Å². The monoisotopic (exact) mass is 283 g/mol. The molecular weight excluding hydrogens is 262 g/mol. The molecule has 0 aliphatic carbocycles. The Bertz CT molecular complexity index is 360. The number of amides is 3. The topological polar surface area (TPSA) is 104 Å². The number of urea groups is 1. The molecule has 0 saturated carbocycles. The van der Waals surface area contributed by atoms with Crippen molar-refractivity contribution in [2.75, 3.05) is 26.2 Å². The Morgan fingerprint density at radius 2 is 1.25 bits per heavy atom. The van der Waals surface area contributed by atoms with Crippen molar-refractivity contribution in [3.05, 3.63) is 0 Å². The lowest BCUT2D eigenvalue weighted by atomic mass is 9.95.